The Morgan fingerprint density at radius 2 is 2.05 bits per heavy atom. The number of fused-ring (bicyclic) bond motifs is 1. The Balaban J connectivity index is 0.00000380. The van der Waals surface area contributed by atoms with Gasteiger partial charge in [-0.05, 0) is 6.42 Å². The van der Waals surface area contributed by atoms with Crippen LogP contribution in [0.5, 0.6) is 0 Å². The number of aliphatic carboxylic acids is 1. The Morgan fingerprint density at radius 3 is 2.62 bits per heavy atom. The zero-order valence-corrected chi connectivity index (χ0v) is 23.9. The third kappa shape index (κ3) is 6.26. The molecule has 1 saturated heterocycles. The first kappa shape index (κ1) is 29.7. The van der Waals surface area contributed by atoms with E-state index in [1.807, 2.05) is 0 Å². The van der Waals surface area contributed by atoms with Gasteiger partial charge >= 0.3 is 35.7 Å². The van der Waals surface area contributed by atoms with Gasteiger partial charge in [0.1, 0.15) is 17.1 Å². The molecule has 0 unspecified atom stereocenters. The van der Waals surface area contributed by atoms with Crippen LogP contribution in [0.15, 0.2) is 26.5 Å². The number of oxime groups is 1. The zero-order chi connectivity index (χ0) is 26.2. The molecule has 19 heteroatoms. The summed E-state index contributed by atoms with van der Waals surface area (Å²) in [6, 6.07) is -1.09. The van der Waals surface area contributed by atoms with Crippen molar-refractivity contribution < 1.29 is 67.4 Å². The summed E-state index contributed by atoms with van der Waals surface area (Å²) in [5.74, 6) is -2.80. The van der Waals surface area contributed by atoms with Crippen LogP contribution in [-0.2, 0) is 27.0 Å². The molecule has 0 radical (unpaired) electrons. The number of carbonyl (C=O) groups is 3. The number of hydrogen-bond donors (Lipinski definition) is 3. The van der Waals surface area contributed by atoms with Crippen LogP contribution in [-0.4, -0.2) is 66.5 Å². The van der Waals surface area contributed by atoms with Gasteiger partial charge in [0.05, 0.1) is 17.4 Å². The smallest absolute Gasteiger partial charge is 0.543 e. The number of alkyl halides is 3. The first-order chi connectivity index (χ1) is 17.0. The third-order valence-corrected chi connectivity index (χ3v) is 9.09. The average molecular weight is 603 g/mol. The molecule has 4 heterocycles. The number of β-lactam (4-membered cyclic amide) rings is 1. The molecule has 37 heavy (non-hydrogen) atoms. The molecule has 2 aromatic heterocycles. The number of nitrogens with one attached hydrogen (secondary N) is 1. The second-order valence-electron chi connectivity index (χ2n) is 7.18. The fourth-order valence-electron chi connectivity index (χ4n) is 3.34. The van der Waals surface area contributed by atoms with Crippen molar-refractivity contribution in [3.05, 3.63) is 37.8 Å². The number of carboxylic acids is 1. The number of nitrogen functional groups attached to an aromatic ring is 1. The van der Waals surface area contributed by atoms with Crippen LogP contribution in [0.25, 0.3) is 0 Å². The molecule has 0 aliphatic carbocycles. The fourth-order valence-corrected chi connectivity index (χ4v) is 7.22. The van der Waals surface area contributed by atoms with Crippen LogP contribution in [0.1, 0.15) is 16.4 Å². The number of nitrogens with two attached hydrogens (primary N) is 1. The van der Waals surface area contributed by atoms with E-state index in [1.165, 1.54) is 22.5 Å². The fraction of sp³-hybridized carbons (Fsp3) is 0.333. The van der Waals surface area contributed by atoms with Crippen molar-refractivity contribution in [2.24, 2.45) is 5.16 Å². The van der Waals surface area contributed by atoms with E-state index < -0.39 is 46.1 Å². The molecular formula is C18H14F3N6NaO5S4. The maximum atomic E-state index is 12.7. The molecule has 2 aliphatic rings. The molecule has 0 saturated carbocycles. The molecule has 4 rings (SSSR count). The monoisotopic (exact) mass is 602 g/mol. The van der Waals surface area contributed by atoms with Crippen molar-refractivity contribution in [1.82, 2.24) is 20.2 Å². The summed E-state index contributed by atoms with van der Waals surface area (Å²) in [6.45, 7) is 0. The van der Waals surface area contributed by atoms with E-state index in [4.69, 9.17) is 5.73 Å². The number of carboxylic acid groups (broad SMARTS) is 1. The van der Waals surface area contributed by atoms with E-state index in [0.717, 1.165) is 28.0 Å². The SMILES string of the molecule is Nc1nc(/C(=N/O)C(=O)N[C@@H]2C(=O)N3C(C(=O)[O-])=C(SCCc4csc(C(F)(F)F)n4)CS[C@H]23)cs1.[Na+]. The second-order valence-corrected chi connectivity index (χ2v) is 11.2. The van der Waals surface area contributed by atoms with Crippen LogP contribution in [0.2, 0.25) is 0 Å². The number of halogens is 3. The van der Waals surface area contributed by atoms with Crippen LogP contribution < -0.4 is 45.7 Å². The van der Waals surface area contributed by atoms with Gasteiger partial charge < -0.3 is 26.2 Å². The quantitative estimate of drug-likeness (QED) is 0.0982. The Morgan fingerprint density at radius 1 is 1.32 bits per heavy atom. The van der Waals surface area contributed by atoms with Crippen LogP contribution in [0, 0.1) is 0 Å². The van der Waals surface area contributed by atoms with E-state index in [-0.39, 0.29) is 69.7 Å². The van der Waals surface area contributed by atoms with Crippen LogP contribution in [0.4, 0.5) is 18.3 Å². The number of rotatable bonds is 8. The predicted molar refractivity (Wildman–Crippen MR) is 125 cm³/mol. The second kappa shape index (κ2) is 11.9. The van der Waals surface area contributed by atoms with Gasteiger partial charge in [0.15, 0.2) is 15.9 Å². The Hall–Kier alpha value is -1.83. The van der Waals surface area contributed by atoms with Crippen molar-refractivity contribution in [1.29, 1.82) is 0 Å². The minimum absolute atomic E-state index is 0. The van der Waals surface area contributed by atoms with Gasteiger partial charge in [0.2, 0.25) is 0 Å². The number of carbonyl (C=O) groups excluding carboxylic acids is 3. The third-order valence-electron chi connectivity index (χ3n) is 4.92. The van der Waals surface area contributed by atoms with E-state index >= 15 is 0 Å². The minimum atomic E-state index is -4.53. The number of aromatic nitrogens is 2. The number of hydrogen-bond acceptors (Lipinski definition) is 13. The number of amides is 2. The van der Waals surface area contributed by atoms with Gasteiger partial charge in [-0.1, -0.05) is 5.16 Å². The normalized spacial score (nSPS) is 19.7. The number of aryl methyl sites for hydroxylation is 1. The molecule has 4 N–H and O–H groups in total. The number of nitrogens with zero attached hydrogens (tertiary/aromatic N) is 4. The van der Waals surface area contributed by atoms with E-state index in [9.17, 15) is 37.9 Å². The summed E-state index contributed by atoms with van der Waals surface area (Å²) >= 11 is 3.77. The Kier molecular flexibility index (Phi) is 9.57. The van der Waals surface area contributed by atoms with Crippen molar-refractivity contribution in [3.63, 3.8) is 0 Å². The standard InChI is InChI=1S/C18H15F3N6O5S4.Na/c19-18(20,21)16-23-6(3-35-16)1-2-33-8-5-34-14-10(13(29)27(14)11(8)15(30)31)25-12(28)9(26-32)7-4-36-17(22)24-7;/h3-4,10,14,32H,1-2,5H2,(H2,22,24)(H,25,28)(H,30,31);/q;+1/p-1/b26-9-;/t10-,14-;/m1./s1. The summed E-state index contributed by atoms with van der Waals surface area (Å²) < 4.78 is 38.1. The predicted octanol–water partition coefficient (Wildman–Crippen LogP) is -2.28. The first-order valence-electron chi connectivity index (χ1n) is 9.79. The molecule has 0 bridgehead atoms. The number of thiazole rings is 2. The summed E-state index contributed by atoms with van der Waals surface area (Å²) in [7, 11) is 0. The molecule has 11 nitrogen and oxygen atoms in total. The van der Waals surface area contributed by atoms with Crippen molar-refractivity contribution in [2.45, 2.75) is 24.0 Å². The maximum Gasteiger partial charge on any atom is 1.00 e. The summed E-state index contributed by atoms with van der Waals surface area (Å²) in [4.78, 5) is 45.8. The van der Waals surface area contributed by atoms with E-state index in [2.05, 4.69) is 20.4 Å². The molecular weight excluding hydrogens is 588 g/mol. The number of thioether (sulfide) groups is 2. The van der Waals surface area contributed by atoms with Crippen molar-refractivity contribution >= 4 is 74.8 Å². The van der Waals surface area contributed by atoms with Crippen LogP contribution in [0.3, 0.4) is 0 Å². The molecule has 0 aromatic carbocycles. The molecule has 2 aliphatic heterocycles. The summed E-state index contributed by atoms with van der Waals surface area (Å²) in [5.41, 5.74) is 4.94. The largest absolute Gasteiger partial charge is 1.00 e. The van der Waals surface area contributed by atoms with Gasteiger partial charge in [-0.3, -0.25) is 14.5 Å². The molecule has 192 valence electrons. The first-order valence-corrected chi connectivity index (χ1v) is 13.6. The van der Waals surface area contributed by atoms with Gasteiger partial charge in [-0.15, -0.1) is 46.2 Å². The average Bonchev–Trinajstić information content (AvgIpc) is 3.46. The maximum absolute atomic E-state index is 12.7. The zero-order valence-electron chi connectivity index (χ0n) is 18.6. The molecule has 2 aromatic rings. The van der Waals surface area contributed by atoms with Gasteiger partial charge in [0.25, 0.3) is 11.8 Å². The Bertz CT molecular complexity index is 1280. The summed E-state index contributed by atoms with van der Waals surface area (Å²) in [5, 5.41) is 27.5. The molecule has 1 fully saturated rings. The van der Waals surface area contributed by atoms with Gasteiger partial charge in [-0.25, -0.2) is 9.97 Å². The minimum Gasteiger partial charge on any atom is -0.543 e. The topological polar surface area (TPSA) is 174 Å². The molecule has 0 spiro atoms. The molecule has 2 atom stereocenters. The van der Waals surface area contributed by atoms with Crippen molar-refractivity contribution in [3.8, 4) is 0 Å². The van der Waals surface area contributed by atoms with Gasteiger partial charge in [-0.2, -0.15) is 13.2 Å². The van der Waals surface area contributed by atoms with E-state index in [0.29, 0.717) is 16.2 Å². The van der Waals surface area contributed by atoms with Gasteiger partial charge in [0, 0.05) is 27.2 Å². The van der Waals surface area contributed by atoms with E-state index in [1.54, 1.807) is 0 Å². The van der Waals surface area contributed by atoms with Crippen LogP contribution >= 0.6 is 46.2 Å². The molecule has 2 amide bonds. The van der Waals surface area contributed by atoms with Crippen molar-refractivity contribution in [2.75, 3.05) is 17.2 Å². The summed E-state index contributed by atoms with van der Waals surface area (Å²) in [6.07, 6.45) is -4.37. The Labute approximate surface area is 245 Å². The number of anilines is 1.